The number of anilines is 1. The van der Waals surface area contributed by atoms with Gasteiger partial charge in [0, 0.05) is 18.3 Å². The van der Waals surface area contributed by atoms with E-state index >= 15 is 0 Å². The number of likely N-dealkylation sites (N-methyl/N-ethyl adjacent to an activating group) is 1. The molecule has 2 N–H and O–H groups in total. The first-order valence-corrected chi connectivity index (χ1v) is 8.04. The summed E-state index contributed by atoms with van der Waals surface area (Å²) >= 11 is 0. The maximum absolute atomic E-state index is 11.7. The minimum atomic E-state index is -2.98. The molecule has 0 amide bonds. The van der Waals surface area contributed by atoms with E-state index in [2.05, 4.69) is 11.0 Å². The fourth-order valence-corrected chi connectivity index (χ4v) is 4.48. The first kappa shape index (κ1) is 13.4. The molecule has 1 aliphatic heterocycles. The molecular weight excluding hydrogens is 248 g/mol. The lowest BCUT2D eigenvalue weighted by Crippen LogP contribution is -2.47. The molecule has 1 saturated heterocycles. The summed E-state index contributed by atoms with van der Waals surface area (Å²) in [5, 5.41) is 0. The minimum absolute atomic E-state index is 0.0972. The maximum Gasteiger partial charge on any atom is 0.153 e. The number of rotatable bonds is 3. The van der Waals surface area contributed by atoms with Crippen LogP contribution in [-0.4, -0.2) is 38.6 Å². The van der Waals surface area contributed by atoms with E-state index in [4.69, 9.17) is 5.73 Å². The summed E-state index contributed by atoms with van der Waals surface area (Å²) in [5.41, 5.74) is 8.20. The van der Waals surface area contributed by atoms with Crippen LogP contribution in [0.5, 0.6) is 0 Å². The highest BCUT2D eigenvalue weighted by Crippen LogP contribution is 2.24. The SMILES string of the molecule is CCN(c1cccc(C)c1)C1CS(=O)(=O)CC1N. The Labute approximate surface area is 109 Å². The number of sulfone groups is 1. The Hall–Kier alpha value is -1.07. The summed E-state index contributed by atoms with van der Waals surface area (Å²) in [6.07, 6.45) is 0. The van der Waals surface area contributed by atoms with Gasteiger partial charge in [-0.05, 0) is 31.5 Å². The molecule has 4 nitrogen and oxygen atoms in total. The lowest BCUT2D eigenvalue weighted by Gasteiger charge is -2.32. The summed E-state index contributed by atoms with van der Waals surface area (Å²) in [4.78, 5) is 2.10. The third-order valence-electron chi connectivity index (χ3n) is 3.44. The Kier molecular flexibility index (Phi) is 3.64. The molecule has 1 aromatic carbocycles. The van der Waals surface area contributed by atoms with Crippen LogP contribution >= 0.6 is 0 Å². The zero-order chi connectivity index (χ0) is 13.3. The van der Waals surface area contributed by atoms with E-state index in [0.29, 0.717) is 0 Å². The third kappa shape index (κ3) is 2.67. The number of nitrogens with zero attached hydrogens (tertiary/aromatic N) is 1. The molecule has 2 rings (SSSR count). The topological polar surface area (TPSA) is 63.4 Å². The summed E-state index contributed by atoms with van der Waals surface area (Å²) in [6.45, 7) is 4.82. The Balaban J connectivity index is 2.30. The van der Waals surface area contributed by atoms with E-state index in [9.17, 15) is 8.42 Å². The quantitative estimate of drug-likeness (QED) is 0.886. The van der Waals surface area contributed by atoms with Crippen LogP contribution in [0.15, 0.2) is 24.3 Å². The van der Waals surface area contributed by atoms with Gasteiger partial charge in [0.25, 0.3) is 0 Å². The summed E-state index contributed by atoms with van der Waals surface area (Å²) < 4.78 is 23.3. The summed E-state index contributed by atoms with van der Waals surface area (Å²) in [6, 6.07) is 7.69. The number of hydrogen-bond acceptors (Lipinski definition) is 4. The molecule has 2 atom stereocenters. The van der Waals surface area contributed by atoms with Crippen LogP contribution < -0.4 is 10.6 Å². The third-order valence-corrected chi connectivity index (χ3v) is 5.18. The lowest BCUT2D eigenvalue weighted by molar-refractivity contribution is 0.582. The molecule has 18 heavy (non-hydrogen) atoms. The average Bonchev–Trinajstić information content (AvgIpc) is 2.54. The van der Waals surface area contributed by atoms with Crippen LogP contribution in [0, 0.1) is 6.92 Å². The summed E-state index contributed by atoms with van der Waals surface area (Å²) in [5.74, 6) is 0.260. The predicted molar refractivity (Wildman–Crippen MR) is 74.6 cm³/mol. The highest BCUT2D eigenvalue weighted by Gasteiger charge is 2.38. The van der Waals surface area contributed by atoms with Crippen molar-refractivity contribution in [2.24, 2.45) is 5.73 Å². The van der Waals surface area contributed by atoms with Gasteiger partial charge >= 0.3 is 0 Å². The van der Waals surface area contributed by atoms with Gasteiger partial charge in [-0.1, -0.05) is 12.1 Å². The molecule has 0 aromatic heterocycles. The molecule has 1 heterocycles. The molecule has 1 fully saturated rings. The van der Waals surface area contributed by atoms with E-state index in [0.717, 1.165) is 12.2 Å². The van der Waals surface area contributed by atoms with Crippen LogP contribution in [0.2, 0.25) is 0 Å². The second-order valence-corrected chi connectivity index (χ2v) is 7.09. The van der Waals surface area contributed by atoms with Gasteiger partial charge in [0.2, 0.25) is 0 Å². The van der Waals surface area contributed by atoms with Crippen molar-refractivity contribution < 1.29 is 8.42 Å². The van der Waals surface area contributed by atoms with Crippen LogP contribution in [0.4, 0.5) is 5.69 Å². The van der Waals surface area contributed by atoms with Crippen LogP contribution in [0.3, 0.4) is 0 Å². The van der Waals surface area contributed by atoms with Gasteiger partial charge < -0.3 is 10.6 Å². The predicted octanol–water partition coefficient (Wildman–Crippen LogP) is 0.946. The second-order valence-electron chi connectivity index (χ2n) is 4.93. The first-order chi connectivity index (χ1) is 8.43. The molecule has 100 valence electrons. The fourth-order valence-electron chi connectivity index (χ4n) is 2.59. The molecule has 0 saturated carbocycles. The van der Waals surface area contributed by atoms with Crippen molar-refractivity contribution >= 4 is 15.5 Å². The molecule has 2 unspecified atom stereocenters. The van der Waals surface area contributed by atoms with E-state index in [1.54, 1.807) is 0 Å². The van der Waals surface area contributed by atoms with E-state index < -0.39 is 9.84 Å². The number of benzene rings is 1. The van der Waals surface area contributed by atoms with Crippen LogP contribution in [0.25, 0.3) is 0 Å². The lowest BCUT2D eigenvalue weighted by atomic mass is 10.1. The van der Waals surface area contributed by atoms with Crippen molar-refractivity contribution in [2.75, 3.05) is 23.0 Å². The molecule has 1 aliphatic rings. The Morgan fingerprint density at radius 3 is 2.61 bits per heavy atom. The molecule has 0 radical (unpaired) electrons. The van der Waals surface area contributed by atoms with Crippen LogP contribution in [-0.2, 0) is 9.84 Å². The molecule has 1 aromatic rings. The van der Waals surface area contributed by atoms with Gasteiger partial charge in [0.1, 0.15) is 0 Å². The molecule has 0 spiro atoms. The summed E-state index contributed by atoms with van der Waals surface area (Å²) in [7, 11) is -2.98. The van der Waals surface area contributed by atoms with Gasteiger partial charge in [-0.15, -0.1) is 0 Å². The van der Waals surface area contributed by atoms with E-state index in [-0.39, 0.29) is 23.6 Å². The van der Waals surface area contributed by atoms with Gasteiger partial charge in [-0.3, -0.25) is 0 Å². The van der Waals surface area contributed by atoms with Gasteiger partial charge in [-0.2, -0.15) is 0 Å². The Morgan fingerprint density at radius 1 is 1.39 bits per heavy atom. The highest BCUT2D eigenvalue weighted by atomic mass is 32.2. The zero-order valence-corrected chi connectivity index (χ0v) is 11.7. The number of nitrogens with two attached hydrogens (primary N) is 1. The van der Waals surface area contributed by atoms with Crippen LogP contribution in [0.1, 0.15) is 12.5 Å². The van der Waals surface area contributed by atoms with Crippen molar-refractivity contribution in [3.8, 4) is 0 Å². The molecule has 0 bridgehead atoms. The first-order valence-electron chi connectivity index (χ1n) is 6.22. The molecule has 5 heteroatoms. The minimum Gasteiger partial charge on any atom is -0.366 e. The van der Waals surface area contributed by atoms with Crippen molar-refractivity contribution in [1.82, 2.24) is 0 Å². The largest absolute Gasteiger partial charge is 0.366 e. The van der Waals surface area contributed by atoms with Crippen molar-refractivity contribution in [3.63, 3.8) is 0 Å². The van der Waals surface area contributed by atoms with Gasteiger partial charge in [-0.25, -0.2) is 8.42 Å². The van der Waals surface area contributed by atoms with Gasteiger partial charge in [0.15, 0.2) is 9.84 Å². The maximum atomic E-state index is 11.7. The highest BCUT2D eigenvalue weighted by molar-refractivity contribution is 7.91. The smallest absolute Gasteiger partial charge is 0.153 e. The molecule has 0 aliphatic carbocycles. The zero-order valence-electron chi connectivity index (χ0n) is 10.8. The van der Waals surface area contributed by atoms with Gasteiger partial charge in [0.05, 0.1) is 17.5 Å². The van der Waals surface area contributed by atoms with E-state index in [1.165, 1.54) is 5.56 Å². The van der Waals surface area contributed by atoms with Crippen molar-refractivity contribution in [3.05, 3.63) is 29.8 Å². The van der Waals surface area contributed by atoms with Crippen molar-refractivity contribution in [1.29, 1.82) is 0 Å². The Bertz CT molecular complexity index is 528. The Morgan fingerprint density at radius 2 is 2.11 bits per heavy atom. The molecular formula is C13H20N2O2S. The van der Waals surface area contributed by atoms with E-state index in [1.807, 2.05) is 32.0 Å². The normalized spacial score (nSPS) is 26.2. The monoisotopic (exact) mass is 268 g/mol. The fraction of sp³-hybridized carbons (Fsp3) is 0.538. The second kappa shape index (κ2) is 4.90. The average molecular weight is 268 g/mol. The number of aryl methyl sites for hydroxylation is 1. The standard InChI is InChI=1S/C13H20N2O2S/c1-3-15(11-6-4-5-10(2)7-11)13-9-18(16,17)8-12(13)14/h4-7,12-13H,3,8-9,14H2,1-2H3. The number of hydrogen-bond donors (Lipinski definition) is 1. The van der Waals surface area contributed by atoms with Crippen molar-refractivity contribution in [2.45, 2.75) is 25.9 Å².